The smallest absolute Gasteiger partial charge is 0.218 e. The van der Waals surface area contributed by atoms with Gasteiger partial charge in [0.1, 0.15) is 19.8 Å². The van der Waals surface area contributed by atoms with E-state index in [4.69, 9.17) is 39.2 Å². The minimum absolute atomic E-state index is 0.290. The highest BCUT2D eigenvalue weighted by atomic mass is 16.5. The molecule has 0 bridgehead atoms. The van der Waals surface area contributed by atoms with Gasteiger partial charge < -0.3 is 14.2 Å². The number of rotatable bonds is 6. The minimum Gasteiger partial charge on any atom is -0.475 e. The van der Waals surface area contributed by atoms with Crippen molar-refractivity contribution < 1.29 is 14.2 Å². The third kappa shape index (κ3) is 6.02. The monoisotopic (exact) mass is 602 g/mol. The van der Waals surface area contributed by atoms with Crippen molar-refractivity contribution in [3.63, 3.8) is 0 Å². The second-order valence-corrected chi connectivity index (χ2v) is 13.4. The van der Waals surface area contributed by atoms with Gasteiger partial charge in [-0.3, -0.25) is 15.0 Å². The summed E-state index contributed by atoms with van der Waals surface area (Å²) in [6.07, 6.45) is 10.5. The molecule has 0 fully saturated rings. The van der Waals surface area contributed by atoms with Gasteiger partial charge in [-0.15, -0.1) is 0 Å². The third-order valence-electron chi connectivity index (χ3n) is 7.43. The number of hydrogen-bond acceptors (Lipinski definition) is 11. The van der Waals surface area contributed by atoms with Crippen LogP contribution in [0.3, 0.4) is 0 Å². The molecule has 0 amide bonds. The lowest BCUT2D eigenvalue weighted by molar-refractivity contribution is 0.279. The molecule has 0 unspecified atom stereocenters. The molecule has 0 N–H and O–H groups in total. The number of ether oxygens (including phenoxy) is 3. The van der Waals surface area contributed by atoms with Gasteiger partial charge in [-0.05, 0) is 65.8 Å². The second-order valence-electron chi connectivity index (χ2n) is 13.4. The molecular weight excluding hydrogens is 568 g/mol. The molecule has 7 heterocycles. The van der Waals surface area contributed by atoms with Crippen molar-refractivity contribution in [1.29, 1.82) is 0 Å². The Morgan fingerprint density at radius 3 is 1.13 bits per heavy atom. The van der Waals surface area contributed by atoms with Crippen LogP contribution in [-0.4, -0.2) is 79.1 Å². The van der Waals surface area contributed by atoms with E-state index in [2.05, 4.69) is 15.0 Å². The fourth-order valence-electron chi connectivity index (χ4n) is 5.14. The van der Waals surface area contributed by atoms with Crippen LogP contribution in [0.25, 0.3) is 33.9 Å². The maximum Gasteiger partial charge on any atom is 0.218 e. The van der Waals surface area contributed by atoms with E-state index in [1.165, 1.54) is 0 Å². The van der Waals surface area contributed by atoms with Gasteiger partial charge in [0.15, 0.2) is 5.82 Å². The van der Waals surface area contributed by atoms with Gasteiger partial charge in [0, 0.05) is 53.9 Å². The van der Waals surface area contributed by atoms with Gasteiger partial charge in [0.25, 0.3) is 0 Å². The first-order chi connectivity index (χ1) is 21.4. The fourth-order valence-corrected chi connectivity index (χ4v) is 5.14. The lowest BCUT2D eigenvalue weighted by Gasteiger charge is -2.11. The first-order valence-electron chi connectivity index (χ1n) is 14.9. The summed E-state index contributed by atoms with van der Waals surface area (Å²) in [5, 5.41) is 0. The average Bonchev–Trinajstić information content (AvgIpc) is 3.71. The van der Waals surface area contributed by atoms with Gasteiger partial charge in [-0.25, -0.2) is 24.9 Å². The lowest BCUT2D eigenvalue weighted by Crippen LogP contribution is -2.17. The van der Waals surface area contributed by atoms with Gasteiger partial charge in [0.05, 0.1) is 44.7 Å². The molecule has 3 aliphatic heterocycles. The summed E-state index contributed by atoms with van der Waals surface area (Å²) in [6, 6.07) is 7.85. The van der Waals surface area contributed by atoms with Crippen LogP contribution in [0.2, 0.25) is 0 Å². The second kappa shape index (κ2) is 10.5. The van der Waals surface area contributed by atoms with Crippen LogP contribution in [0.1, 0.15) is 58.2 Å². The van der Waals surface area contributed by atoms with Gasteiger partial charge in [-0.1, -0.05) is 0 Å². The zero-order chi connectivity index (χ0) is 31.4. The Labute approximate surface area is 261 Å². The van der Waals surface area contributed by atoms with Crippen molar-refractivity contribution in [3.05, 3.63) is 78.1 Å². The SMILES string of the molecule is CC1(C)COC(c2cncc(-c3cc(-c4cncc(C5=NC(C)(C)CO5)c4)nc(-c4cncc(C5=NC(C)(C)CO5)c4)n3)c2)=N1. The quantitative estimate of drug-likeness (QED) is 0.290. The highest BCUT2D eigenvalue weighted by Gasteiger charge is 2.30. The molecule has 228 valence electrons. The van der Waals surface area contributed by atoms with E-state index < -0.39 is 0 Å². The van der Waals surface area contributed by atoms with Crippen LogP contribution < -0.4 is 0 Å². The lowest BCUT2D eigenvalue weighted by atomic mass is 10.1. The molecule has 0 saturated heterocycles. The summed E-state index contributed by atoms with van der Waals surface area (Å²) in [4.78, 5) is 37.7. The normalized spacial score (nSPS) is 19.2. The van der Waals surface area contributed by atoms with E-state index in [0.29, 0.717) is 54.7 Å². The molecule has 3 aliphatic rings. The maximum atomic E-state index is 5.90. The summed E-state index contributed by atoms with van der Waals surface area (Å²) in [7, 11) is 0. The maximum absolute atomic E-state index is 5.90. The topological polar surface area (TPSA) is 129 Å². The molecule has 11 heteroatoms. The van der Waals surface area contributed by atoms with Crippen LogP contribution in [0.15, 0.2) is 76.4 Å². The van der Waals surface area contributed by atoms with E-state index in [1.54, 1.807) is 37.2 Å². The molecule has 45 heavy (non-hydrogen) atoms. The molecule has 4 aromatic rings. The minimum atomic E-state index is -0.296. The first kappa shape index (κ1) is 28.7. The average molecular weight is 603 g/mol. The van der Waals surface area contributed by atoms with E-state index in [1.807, 2.05) is 65.8 Å². The Morgan fingerprint density at radius 1 is 0.444 bits per heavy atom. The van der Waals surface area contributed by atoms with Crippen molar-refractivity contribution in [2.75, 3.05) is 19.8 Å². The molecule has 0 saturated carbocycles. The van der Waals surface area contributed by atoms with Gasteiger partial charge in [0.2, 0.25) is 17.7 Å². The van der Waals surface area contributed by atoms with E-state index in [-0.39, 0.29) is 16.6 Å². The Balaban J connectivity index is 1.34. The summed E-state index contributed by atoms with van der Waals surface area (Å²) in [5.41, 5.74) is 5.09. The standard InChI is InChI=1S/C34H34N8O3/c1-32(2)17-43-29(40-32)23-7-20(11-35-14-23)26-10-27(21-8-24(15-36-12-21)30-41-33(3,4)18-44-30)39-28(38-26)22-9-25(16-37-13-22)31-42-34(5,6)19-45-31/h7-16H,17-19H2,1-6H3. The van der Waals surface area contributed by atoms with Gasteiger partial charge in [-0.2, -0.15) is 0 Å². The molecule has 0 spiro atoms. The van der Waals surface area contributed by atoms with Crippen molar-refractivity contribution in [2.45, 2.75) is 58.2 Å². The Morgan fingerprint density at radius 2 is 0.778 bits per heavy atom. The fraction of sp³-hybridized carbons (Fsp3) is 0.353. The molecule has 0 radical (unpaired) electrons. The first-order valence-corrected chi connectivity index (χ1v) is 14.9. The predicted molar refractivity (Wildman–Crippen MR) is 171 cm³/mol. The number of pyridine rings is 3. The van der Waals surface area contributed by atoms with Crippen LogP contribution >= 0.6 is 0 Å². The summed E-state index contributed by atoms with van der Waals surface area (Å²) < 4.78 is 17.7. The zero-order valence-electron chi connectivity index (χ0n) is 26.2. The van der Waals surface area contributed by atoms with Crippen LogP contribution in [0.5, 0.6) is 0 Å². The molecule has 0 aliphatic carbocycles. The number of aromatic nitrogens is 5. The Hall–Kier alpha value is -5.06. The molecule has 4 aromatic heterocycles. The Kier molecular flexibility index (Phi) is 6.72. The van der Waals surface area contributed by atoms with E-state index in [9.17, 15) is 0 Å². The number of hydrogen-bond donors (Lipinski definition) is 0. The molecule has 11 nitrogen and oxygen atoms in total. The van der Waals surface area contributed by atoms with Crippen molar-refractivity contribution >= 4 is 17.7 Å². The zero-order valence-corrected chi connectivity index (χ0v) is 26.2. The summed E-state index contributed by atoms with van der Waals surface area (Å²) in [5.74, 6) is 2.17. The van der Waals surface area contributed by atoms with Gasteiger partial charge >= 0.3 is 0 Å². The molecule has 0 aromatic carbocycles. The van der Waals surface area contributed by atoms with E-state index >= 15 is 0 Å². The summed E-state index contributed by atoms with van der Waals surface area (Å²) >= 11 is 0. The number of aliphatic imine (C=N–C) groups is 3. The third-order valence-corrected chi connectivity index (χ3v) is 7.43. The van der Waals surface area contributed by atoms with Crippen molar-refractivity contribution in [2.24, 2.45) is 15.0 Å². The van der Waals surface area contributed by atoms with Crippen molar-refractivity contribution in [3.8, 4) is 33.9 Å². The molecule has 7 rings (SSSR count). The highest BCUT2D eigenvalue weighted by molar-refractivity contribution is 5.98. The molecular formula is C34H34N8O3. The Bertz CT molecular complexity index is 1680. The van der Waals surface area contributed by atoms with Crippen LogP contribution in [0.4, 0.5) is 0 Å². The predicted octanol–water partition coefficient (Wildman–Crippen LogP) is 5.33. The van der Waals surface area contributed by atoms with E-state index in [0.717, 1.165) is 33.4 Å². The highest BCUT2D eigenvalue weighted by Crippen LogP contribution is 2.30. The molecule has 0 atom stereocenters. The summed E-state index contributed by atoms with van der Waals surface area (Å²) in [6.45, 7) is 13.8. The van der Waals surface area contributed by atoms with Crippen molar-refractivity contribution in [1.82, 2.24) is 24.9 Å². The van der Waals surface area contributed by atoms with Crippen LogP contribution in [-0.2, 0) is 14.2 Å². The van der Waals surface area contributed by atoms with Crippen LogP contribution in [0, 0.1) is 0 Å². The largest absolute Gasteiger partial charge is 0.475 e. The number of nitrogens with zero attached hydrogens (tertiary/aromatic N) is 8.